The van der Waals surface area contributed by atoms with Crippen LogP contribution in [0.4, 0.5) is 10.2 Å². The van der Waals surface area contributed by atoms with Crippen LogP contribution in [0.2, 0.25) is 5.02 Å². The van der Waals surface area contributed by atoms with Crippen LogP contribution in [0.15, 0.2) is 54.1 Å². The third-order valence-corrected chi connectivity index (χ3v) is 12.3. The summed E-state index contributed by atoms with van der Waals surface area (Å²) in [5.74, 6) is -8.34. The molecule has 0 radical (unpaired) electrons. The molecule has 2 saturated heterocycles. The van der Waals surface area contributed by atoms with Crippen molar-refractivity contribution in [2.45, 2.75) is 32.6 Å². The number of hydrogen-bond acceptors (Lipinski definition) is 8. The van der Waals surface area contributed by atoms with E-state index in [0.717, 1.165) is 31.5 Å². The number of carbonyl (C=O) groups excluding carboxylic acids is 4. The first kappa shape index (κ1) is 30.0. The number of phenols is 1. The number of para-hydroxylation sites is 1. The van der Waals surface area contributed by atoms with E-state index in [1.165, 1.54) is 28.2 Å². The molecule has 6 atom stereocenters. The van der Waals surface area contributed by atoms with Gasteiger partial charge in [0.05, 0.1) is 28.0 Å². The largest absolute Gasteiger partial charge is 0.505 e. The van der Waals surface area contributed by atoms with Gasteiger partial charge < -0.3 is 5.11 Å². The number of imide groups is 2. The van der Waals surface area contributed by atoms with E-state index in [-0.39, 0.29) is 29.3 Å². The number of thiophene rings is 1. The van der Waals surface area contributed by atoms with Gasteiger partial charge in [-0.25, -0.2) is 9.29 Å². The first-order valence-corrected chi connectivity index (χ1v) is 16.4. The van der Waals surface area contributed by atoms with Crippen molar-refractivity contribution in [2.24, 2.45) is 36.1 Å². The number of phenolic OH excluding ortho intramolecular Hbond substituents is 1. The fourth-order valence-electron chi connectivity index (χ4n) is 8.54. The molecule has 0 unspecified atom stereocenters. The minimum atomic E-state index is -1.49. The second-order valence-electron chi connectivity index (χ2n) is 13.0. The second-order valence-corrected chi connectivity index (χ2v) is 14.5. The monoisotopic (exact) mass is 674 g/mol. The Bertz CT molecular complexity index is 2140. The number of halogens is 2. The lowest BCUT2D eigenvalue weighted by Crippen LogP contribution is -2.48. The lowest BCUT2D eigenvalue weighted by Gasteiger charge is -2.49. The number of hydrogen-bond donors (Lipinski definition) is 2. The minimum absolute atomic E-state index is 0.0465. The summed E-state index contributed by atoms with van der Waals surface area (Å²) in [5.41, 5.74) is 0.706. The molecule has 8 rings (SSSR count). The molecule has 3 fully saturated rings. The van der Waals surface area contributed by atoms with Crippen molar-refractivity contribution in [2.75, 3.05) is 4.90 Å². The van der Waals surface area contributed by atoms with Gasteiger partial charge in [-0.3, -0.25) is 29.1 Å². The van der Waals surface area contributed by atoms with Crippen molar-refractivity contribution in [3.63, 3.8) is 0 Å². The summed E-state index contributed by atoms with van der Waals surface area (Å²) in [6.07, 6.45) is 1.92. The molecule has 240 valence electrons. The molecule has 13 heteroatoms. The van der Waals surface area contributed by atoms with Crippen LogP contribution in [0.25, 0.3) is 20.7 Å². The Balaban J connectivity index is 1.27. The molecule has 2 aromatic carbocycles. The molecule has 4 amide bonds. The van der Waals surface area contributed by atoms with Gasteiger partial charge in [0, 0.05) is 34.3 Å². The number of aromatic hydroxyl groups is 1. The van der Waals surface area contributed by atoms with E-state index in [1.807, 2.05) is 25.1 Å². The molecule has 47 heavy (non-hydrogen) atoms. The summed E-state index contributed by atoms with van der Waals surface area (Å²) >= 11 is 7.77. The number of hydroxylamine groups is 2. The van der Waals surface area contributed by atoms with Gasteiger partial charge in [0.2, 0.25) is 11.8 Å². The van der Waals surface area contributed by atoms with Crippen molar-refractivity contribution < 1.29 is 33.9 Å². The van der Waals surface area contributed by atoms with Crippen LogP contribution < -0.4 is 4.90 Å². The smallest absolute Gasteiger partial charge is 0.257 e. The maximum absolute atomic E-state index is 14.9. The number of nitrogens with zero attached hydrogens (tertiary/aromatic N) is 4. The van der Waals surface area contributed by atoms with Crippen LogP contribution >= 0.6 is 22.9 Å². The molecule has 4 heterocycles. The molecule has 4 aromatic rings. The van der Waals surface area contributed by atoms with Gasteiger partial charge in [-0.2, -0.15) is 10.2 Å². The first-order chi connectivity index (χ1) is 22.3. The topological polar surface area (TPSA) is 133 Å². The number of anilines is 1. The Hall–Kier alpha value is -4.39. The molecule has 4 aliphatic rings. The zero-order valence-electron chi connectivity index (χ0n) is 25.4. The van der Waals surface area contributed by atoms with Crippen LogP contribution in [0, 0.1) is 41.8 Å². The van der Waals surface area contributed by atoms with Crippen molar-refractivity contribution in [3.05, 3.63) is 76.1 Å². The van der Waals surface area contributed by atoms with Crippen molar-refractivity contribution >= 4 is 62.5 Å². The van der Waals surface area contributed by atoms with Gasteiger partial charge in [-0.05, 0) is 67.8 Å². The predicted octanol–water partition coefficient (Wildman–Crippen LogP) is 5.73. The Morgan fingerprint density at radius 2 is 1.83 bits per heavy atom. The molecule has 0 spiro atoms. The minimum Gasteiger partial charge on any atom is -0.505 e. The Kier molecular flexibility index (Phi) is 6.41. The highest BCUT2D eigenvalue weighted by Gasteiger charge is 2.68. The number of aromatic nitrogens is 2. The van der Waals surface area contributed by atoms with Crippen LogP contribution in [-0.4, -0.2) is 48.8 Å². The van der Waals surface area contributed by atoms with Crippen molar-refractivity contribution in [3.8, 4) is 16.3 Å². The van der Waals surface area contributed by atoms with Crippen LogP contribution in [0.1, 0.15) is 36.8 Å². The maximum atomic E-state index is 14.9. The van der Waals surface area contributed by atoms with E-state index in [1.54, 1.807) is 26.1 Å². The summed E-state index contributed by atoms with van der Waals surface area (Å²) < 4.78 is 17.4. The van der Waals surface area contributed by atoms with Crippen molar-refractivity contribution in [1.29, 1.82) is 0 Å². The summed E-state index contributed by atoms with van der Waals surface area (Å²) in [6.45, 7) is 3.61. The molecular formula is C34H28ClFN4O6S. The van der Waals surface area contributed by atoms with Gasteiger partial charge >= 0.3 is 0 Å². The van der Waals surface area contributed by atoms with Gasteiger partial charge in [0.15, 0.2) is 11.6 Å². The number of carbonyl (C=O) groups is 4. The molecule has 2 aromatic heterocycles. The van der Waals surface area contributed by atoms with E-state index < -0.39 is 70.2 Å². The summed E-state index contributed by atoms with van der Waals surface area (Å²) in [7, 11) is 1.64. The summed E-state index contributed by atoms with van der Waals surface area (Å²) in [6, 6.07) is 11.4. The molecule has 0 bridgehead atoms. The Morgan fingerprint density at radius 3 is 2.60 bits per heavy atom. The standard InChI is InChI=1S/C34H28ClFN4O6S/c1-14-19-11-15(35)7-10-24(19)47-29(14)23-13-25(38(3)37-23)39-31(43)21-12-20-16(8-9-17-26(20)32(44)40(46)30(17)42)27(34(21,2)33(39)45)18-5-4-6-22(36)28(18)41/h4-8,10-11,13,17,20-21,26-27,41,46H,9,12H2,1-3H3/t17-,20+,21-,26-,27+,34+/m0/s1. The average molecular weight is 675 g/mol. The highest BCUT2D eigenvalue weighted by atomic mass is 35.5. The van der Waals surface area contributed by atoms with E-state index >= 15 is 0 Å². The zero-order chi connectivity index (χ0) is 33.3. The van der Waals surface area contributed by atoms with Gasteiger partial charge in [-0.15, -0.1) is 11.3 Å². The third-order valence-electron chi connectivity index (χ3n) is 10.8. The van der Waals surface area contributed by atoms with Gasteiger partial charge in [0.25, 0.3) is 11.8 Å². The van der Waals surface area contributed by atoms with Crippen LogP contribution in [-0.2, 0) is 26.2 Å². The zero-order valence-corrected chi connectivity index (χ0v) is 27.0. The van der Waals surface area contributed by atoms with Gasteiger partial charge in [-0.1, -0.05) is 35.4 Å². The first-order valence-electron chi connectivity index (χ1n) is 15.2. The maximum Gasteiger partial charge on any atom is 0.257 e. The number of allylic oxidation sites excluding steroid dienone is 2. The molecule has 10 nitrogen and oxygen atoms in total. The molecule has 2 aliphatic carbocycles. The van der Waals surface area contributed by atoms with E-state index in [9.17, 15) is 33.9 Å². The fourth-order valence-corrected chi connectivity index (χ4v) is 9.86. The Morgan fingerprint density at radius 1 is 1.06 bits per heavy atom. The lowest BCUT2D eigenvalue weighted by atomic mass is 9.51. The average Bonchev–Trinajstić information content (AvgIpc) is 3.70. The lowest BCUT2D eigenvalue weighted by molar-refractivity contribution is -0.173. The number of rotatable bonds is 3. The van der Waals surface area contributed by atoms with Crippen LogP contribution in [0.3, 0.4) is 0 Å². The molecule has 2 N–H and O–H groups in total. The molecule has 1 saturated carbocycles. The van der Waals surface area contributed by atoms with E-state index in [4.69, 9.17) is 11.6 Å². The van der Waals surface area contributed by atoms with E-state index in [0.29, 0.717) is 16.3 Å². The van der Waals surface area contributed by atoms with Crippen molar-refractivity contribution in [1.82, 2.24) is 14.8 Å². The Labute approximate surface area is 276 Å². The normalized spacial score (nSPS) is 28.6. The molecule has 2 aliphatic heterocycles. The van der Waals surface area contributed by atoms with E-state index in [2.05, 4.69) is 5.10 Å². The second kappa shape index (κ2) is 10.1. The molecular weight excluding hydrogens is 647 g/mol. The highest BCUT2D eigenvalue weighted by Crippen LogP contribution is 2.64. The third kappa shape index (κ3) is 3.89. The quantitative estimate of drug-likeness (QED) is 0.161. The SMILES string of the molecule is Cc1c(-c2cc(N3C(=O)[C@@H]4C[C@@H]5C(=CC[C@@H]6C(=O)N(O)C(=O)[C@@H]65)[C@H](c5cccc(F)c5O)[C@]4(C)C3=O)n(C)n2)sc2ccc(Cl)cc12. The predicted molar refractivity (Wildman–Crippen MR) is 170 cm³/mol. The highest BCUT2D eigenvalue weighted by molar-refractivity contribution is 7.22. The summed E-state index contributed by atoms with van der Waals surface area (Å²) in [4.78, 5) is 57.2. The number of benzene rings is 2. The van der Waals surface area contributed by atoms with Gasteiger partial charge in [0.1, 0.15) is 11.5 Å². The van der Waals surface area contributed by atoms with Crippen LogP contribution in [0.5, 0.6) is 5.75 Å². The number of fused-ring (bicyclic) bond motifs is 5. The number of amides is 4. The number of aryl methyl sites for hydroxylation is 2. The fraction of sp³-hybridized carbons (Fsp3) is 0.324. The summed E-state index contributed by atoms with van der Waals surface area (Å²) in [5, 5.41) is 27.7.